The molecule has 0 amide bonds. The molecule has 0 radical (unpaired) electrons. The fourth-order valence-corrected chi connectivity index (χ4v) is 3.39. The molecule has 0 aromatic carbocycles. The third-order valence-corrected chi connectivity index (χ3v) is 4.63. The second-order valence-electron chi connectivity index (χ2n) is 6.47. The van der Waals surface area contributed by atoms with Crippen molar-refractivity contribution in [3.05, 3.63) is 10.4 Å². The van der Waals surface area contributed by atoms with Crippen LogP contribution in [0.2, 0.25) is 0 Å². The Morgan fingerprint density at radius 2 is 2.35 bits per heavy atom. The van der Waals surface area contributed by atoms with Crippen molar-refractivity contribution in [1.82, 2.24) is 0 Å². The second kappa shape index (κ2) is 11.0. The van der Waals surface area contributed by atoms with Crippen molar-refractivity contribution in [3.8, 4) is 0 Å². The van der Waals surface area contributed by atoms with Gasteiger partial charge in [0.05, 0.1) is 13.0 Å². The van der Waals surface area contributed by atoms with Crippen molar-refractivity contribution in [2.75, 3.05) is 19.8 Å². The smallest absolute Gasteiger partial charge is 0.306 e. The molecule has 9 heteroatoms. The van der Waals surface area contributed by atoms with E-state index in [1.165, 1.54) is 0 Å². The summed E-state index contributed by atoms with van der Waals surface area (Å²) in [5.74, 6) is -0.859. The predicted molar refractivity (Wildman–Crippen MR) is 90.9 cm³/mol. The third-order valence-electron chi connectivity index (χ3n) is 4.63. The Kier molecular flexibility index (Phi) is 8.67. The second-order valence-corrected chi connectivity index (χ2v) is 6.47. The number of ether oxygens (including phenoxy) is 4. The van der Waals surface area contributed by atoms with E-state index in [9.17, 15) is 9.59 Å². The average molecular weight is 369 g/mol. The first-order chi connectivity index (χ1) is 12.6. The van der Waals surface area contributed by atoms with Crippen LogP contribution in [0.1, 0.15) is 51.9 Å². The molecule has 0 spiro atoms. The number of carbonyl (C=O) groups excluding carboxylic acids is 2. The highest BCUT2D eigenvalue weighted by Gasteiger charge is 2.39. The molecule has 146 valence electrons. The van der Waals surface area contributed by atoms with E-state index in [2.05, 4.69) is 10.0 Å². The minimum Gasteiger partial charge on any atom is -0.466 e. The summed E-state index contributed by atoms with van der Waals surface area (Å²) < 4.78 is 21.3. The van der Waals surface area contributed by atoms with Gasteiger partial charge in [-0.25, -0.2) is 0 Å². The Morgan fingerprint density at radius 1 is 1.50 bits per heavy atom. The molecule has 4 atom stereocenters. The average Bonchev–Trinajstić information content (AvgIpc) is 3.25. The van der Waals surface area contributed by atoms with Crippen molar-refractivity contribution >= 4 is 11.9 Å². The molecule has 9 nitrogen and oxygen atoms in total. The van der Waals surface area contributed by atoms with E-state index in [0.29, 0.717) is 26.1 Å². The summed E-state index contributed by atoms with van der Waals surface area (Å²) in [5, 5.41) is 3.80. The molecule has 2 heterocycles. The number of hydrogen-bond donors (Lipinski definition) is 0. The van der Waals surface area contributed by atoms with Crippen LogP contribution in [0.25, 0.3) is 10.4 Å². The third kappa shape index (κ3) is 6.48. The minimum absolute atomic E-state index is 0.127. The van der Waals surface area contributed by atoms with Gasteiger partial charge in [-0.3, -0.25) is 9.59 Å². The number of esters is 2. The van der Waals surface area contributed by atoms with Gasteiger partial charge < -0.3 is 18.9 Å². The zero-order chi connectivity index (χ0) is 18.8. The fraction of sp³-hybridized carbons (Fsp3) is 0.882. The van der Waals surface area contributed by atoms with Crippen LogP contribution >= 0.6 is 0 Å². The lowest BCUT2D eigenvalue weighted by Crippen LogP contribution is -2.28. The normalized spacial score (nSPS) is 26.2. The lowest BCUT2D eigenvalue weighted by Gasteiger charge is -2.23. The van der Waals surface area contributed by atoms with Crippen LogP contribution in [0, 0.1) is 5.92 Å². The lowest BCUT2D eigenvalue weighted by molar-refractivity contribution is -0.144. The molecule has 2 aliphatic rings. The maximum atomic E-state index is 11.8. The van der Waals surface area contributed by atoms with E-state index in [-0.39, 0.29) is 43.1 Å². The van der Waals surface area contributed by atoms with Crippen LogP contribution in [0.5, 0.6) is 0 Å². The number of carbonyl (C=O) groups is 2. The Hall–Kier alpha value is -1.83. The molecule has 2 unspecified atom stereocenters. The highest BCUT2D eigenvalue weighted by Crippen LogP contribution is 2.32. The SMILES string of the molecule is CCOC(=O)CCC(N=[N+]=[N-])[C@H]1CC(=O)O[C@@H]1CCCOC1CCCO1. The molecular formula is C17H27N3O6. The topological polar surface area (TPSA) is 120 Å². The van der Waals surface area contributed by atoms with Crippen molar-refractivity contribution in [2.45, 2.75) is 70.3 Å². The van der Waals surface area contributed by atoms with Gasteiger partial charge in [0.2, 0.25) is 0 Å². The van der Waals surface area contributed by atoms with Crippen molar-refractivity contribution in [2.24, 2.45) is 11.0 Å². The zero-order valence-corrected chi connectivity index (χ0v) is 15.2. The van der Waals surface area contributed by atoms with Gasteiger partial charge in [0.25, 0.3) is 0 Å². The maximum absolute atomic E-state index is 11.8. The molecule has 0 N–H and O–H groups in total. The summed E-state index contributed by atoms with van der Waals surface area (Å²) in [6.07, 6.45) is 3.50. The summed E-state index contributed by atoms with van der Waals surface area (Å²) >= 11 is 0. The first-order valence-electron chi connectivity index (χ1n) is 9.26. The first-order valence-corrected chi connectivity index (χ1v) is 9.26. The van der Waals surface area contributed by atoms with E-state index >= 15 is 0 Å². The van der Waals surface area contributed by atoms with Crippen LogP contribution in [-0.2, 0) is 28.5 Å². The van der Waals surface area contributed by atoms with E-state index in [1.807, 2.05) is 0 Å². The van der Waals surface area contributed by atoms with E-state index in [0.717, 1.165) is 25.9 Å². The van der Waals surface area contributed by atoms with Crippen molar-refractivity contribution in [3.63, 3.8) is 0 Å². The standard InChI is InChI=1S/C17H27N3O6/c1-2-23-15(21)8-7-13(19-20-18)12-11-16(22)26-14(12)5-3-9-24-17-6-4-10-25-17/h12-14,17H,2-11H2,1H3/t12-,13?,14-,17?/m1/s1. The summed E-state index contributed by atoms with van der Waals surface area (Å²) in [4.78, 5) is 26.2. The van der Waals surface area contributed by atoms with Crippen molar-refractivity contribution < 1.29 is 28.5 Å². The van der Waals surface area contributed by atoms with Gasteiger partial charge in [-0.05, 0) is 38.1 Å². The molecular weight excluding hydrogens is 342 g/mol. The van der Waals surface area contributed by atoms with E-state index in [4.69, 9.17) is 24.5 Å². The summed E-state index contributed by atoms with van der Waals surface area (Å²) in [7, 11) is 0. The van der Waals surface area contributed by atoms with E-state index < -0.39 is 6.04 Å². The largest absolute Gasteiger partial charge is 0.466 e. The molecule has 0 aromatic rings. The monoisotopic (exact) mass is 369 g/mol. The van der Waals surface area contributed by atoms with Gasteiger partial charge in [-0.1, -0.05) is 5.11 Å². The van der Waals surface area contributed by atoms with Gasteiger partial charge in [0.15, 0.2) is 6.29 Å². The molecule has 2 fully saturated rings. The van der Waals surface area contributed by atoms with Gasteiger partial charge in [-0.2, -0.15) is 0 Å². The van der Waals surface area contributed by atoms with Gasteiger partial charge in [0.1, 0.15) is 6.10 Å². The molecule has 0 bridgehead atoms. The Labute approximate surface area is 152 Å². The molecule has 0 aromatic heterocycles. The number of rotatable bonds is 11. The van der Waals surface area contributed by atoms with Gasteiger partial charge in [-0.15, -0.1) is 0 Å². The number of azide groups is 1. The maximum Gasteiger partial charge on any atom is 0.306 e. The number of nitrogens with zero attached hydrogens (tertiary/aromatic N) is 3. The molecule has 0 saturated carbocycles. The Bertz CT molecular complexity index is 517. The predicted octanol–water partition coefficient (Wildman–Crippen LogP) is 2.87. The van der Waals surface area contributed by atoms with Crippen LogP contribution in [-0.4, -0.2) is 50.2 Å². The summed E-state index contributed by atoms with van der Waals surface area (Å²) in [6.45, 7) is 3.31. The minimum atomic E-state index is -0.472. The fourth-order valence-electron chi connectivity index (χ4n) is 3.39. The highest BCUT2D eigenvalue weighted by atomic mass is 16.7. The Morgan fingerprint density at radius 3 is 3.04 bits per heavy atom. The molecule has 2 saturated heterocycles. The molecule has 26 heavy (non-hydrogen) atoms. The Balaban J connectivity index is 1.82. The van der Waals surface area contributed by atoms with Crippen molar-refractivity contribution in [1.29, 1.82) is 0 Å². The van der Waals surface area contributed by atoms with Crippen LogP contribution in [0.3, 0.4) is 0 Å². The summed E-state index contributed by atoms with van der Waals surface area (Å²) in [5.41, 5.74) is 8.84. The van der Waals surface area contributed by atoms with Crippen LogP contribution in [0.15, 0.2) is 5.11 Å². The summed E-state index contributed by atoms with van der Waals surface area (Å²) in [6, 6.07) is -0.472. The van der Waals surface area contributed by atoms with Crippen LogP contribution in [0.4, 0.5) is 0 Å². The highest BCUT2D eigenvalue weighted by molar-refractivity contribution is 5.72. The molecule has 2 rings (SSSR count). The quantitative estimate of drug-likeness (QED) is 0.181. The lowest BCUT2D eigenvalue weighted by atomic mass is 9.88. The first kappa shape index (κ1) is 20.5. The van der Waals surface area contributed by atoms with Gasteiger partial charge >= 0.3 is 11.9 Å². The molecule has 2 aliphatic heterocycles. The number of hydrogen-bond acceptors (Lipinski definition) is 7. The molecule has 0 aliphatic carbocycles. The van der Waals surface area contributed by atoms with Gasteiger partial charge in [0, 0.05) is 42.9 Å². The number of cyclic esters (lactones) is 1. The van der Waals surface area contributed by atoms with E-state index in [1.54, 1.807) is 6.92 Å². The van der Waals surface area contributed by atoms with Crippen LogP contribution < -0.4 is 0 Å². The zero-order valence-electron chi connectivity index (χ0n) is 15.2.